The van der Waals surface area contributed by atoms with Crippen LogP contribution in [0.2, 0.25) is 0 Å². The number of nitrogens with one attached hydrogen (secondary N) is 4. The first-order chi connectivity index (χ1) is 19.5. The Labute approximate surface area is 239 Å². The van der Waals surface area contributed by atoms with E-state index in [4.69, 9.17) is 4.52 Å². The average Bonchev–Trinajstić information content (AvgIpc) is 3.38. The van der Waals surface area contributed by atoms with Gasteiger partial charge in [-0.15, -0.1) is 0 Å². The maximum absolute atomic E-state index is 13.1. The summed E-state index contributed by atoms with van der Waals surface area (Å²) in [6, 6.07) is 10.2. The van der Waals surface area contributed by atoms with Crippen LogP contribution >= 0.6 is 0 Å². The molecule has 12 heteroatoms. The zero-order chi connectivity index (χ0) is 30.4. The van der Waals surface area contributed by atoms with Gasteiger partial charge >= 0.3 is 0 Å². The van der Waals surface area contributed by atoms with E-state index in [2.05, 4.69) is 26.4 Å². The van der Waals surface area contributed by atoms with Gasteiger partial charge in [0.2, 0.25) is 11.8 Å². The predicted octanol–water partition coefficient (Wildman–Crippen LogP) is 1.66. The Morgan fingerprint density at radius 2 is 1.76 bits per heavy atom. The summed E-state index contributed by atoms with van der Waals surface area (Å²) in [5.41, 5.74) is 0.855. The van der Waals surface area contributed by atoms with Crippen LogP contribution in [0, 0.1) is 24.2 Å². The Bertz CT molecular complexity index is 1250. The van der Waals surface area contributed by atoms with E-state index in [0.717, 1.165) is 5.56 Å². The highest BCUT2D eigenvalue weighted by molar-refractivity contribution is 5.98. The fourth-order valence-corrected chi connectivity index (χ4v) is 3.80. The van der Waals surface area contributed by atoms with Crippen LogP contribution in [0.1, 0.15) is 61.8 Å². The van der Waals surface area contributed by atoms with Gasteiger partial charge in [0.05, 0.1) is 6.10 Å². The van der Waals surface area contributed by atoms with E-state index in [1.54, 1.807) is 13.0 Å². The molecule has 3 atom stereocenters. The maximum atomic E-state index is 13.1. The van der Waals surface area contributed by atoms with Crippen molar-refractivity contribution in [3.05, 3.63) is 65.1 Å². The molecule has 2 rings (SSSR count). The van der Waals surface area contributed by atoms with Crippen LogP contribution < -0.4 is 21.3 Å². The molecular formula is C29H38N6O6. The summed E-state index contributed by atoms with van der Waals surface area (Å²) in [7, 11) is 0. The van der Waals surface area contributed by atoms with Gasteiger partial charge in [-0.2, -0.15) is 5.26 Å². The first-order valence-electron chi connectivity index (χ1n) is 13.5. The van der Waals surface area contributed by atoms with Gasteiger partial charge in [-0.25, -0.2) is 0 Å². The van der Waals surface area contributed by atoms with Crippen LogP contribution in [-0.2, 0) is 20.9 Å². The summed E-state index contributed by atoms with van der Waals surface area (Å²) < 4.78 is 4.89. The fourth-order valence-electron chi connectivity index (χ4n) is 3.80. The van der Waals surface area contributed by atoms with Crippen LogP contribution in [-0.4, -0.2) is 58.6 Å². The van der Waals surface area contributed by atoms with Crippen LogP contribution in [0.3, 0.4) is 0 Å². The number of carbonyl (C=O) groups is 4. The number of amides is 4. The minimum atomic E-state index is -1.36. The number of hydrogen-bond donors (Lipinski definition) is 5. The molecule has 12 nitrogen and oxygen atoms in total. The van der Waals surface area contributed by atoms with Crippen LogP contribution in [0.15, 0.2) is 52.6 Å². The number of nitrogens with zero attached hydrogens (tertiary/aromatic N) is 2. The molecule has 0 aliphatic carbocycles. The number of aliphatic hydroxyl groups is 1. The molecule has 41 heavy (non-hydrogen) atoms. The summed E-state index contributed by atoms with van der Waals surface area (Å²) in [4.78, 5) is 50.9. The number of aryl methyl sites for hydroxylation is 1. The molecule has 220 valence electrons. The summed E-state index contributed by atoms with van der Waals surface area (Å²) in [6.45, 7) is 7.19. The Morgan fingerprint density at radius 1 is 1.05 bits per heavy atom. The fraction of sp³-hybridized carbons (Fsp3) is 0.448. The molecule has 1 heterocycles. The zero-order valence-electron chi connectivity index (χ0n) is 23.8. The summed E-state index contributed by atoms with van der Waals surface area (Å²) in [5, 5.41) is 33.6. The van der Waals surface area contributed by atoms with E-state index < -0.39 is 41.8 Å². The van der Waals surface area contributed by atoms with Crippen LogP contribution in [0.4, 0.5) is 0 Å². The predicted molar refractivity (Wildman–Crippen MR) is 150 cm³/mol. The molecule has 0 bridgehead atoms. The van der Waals surface area contributed by atoms with E-state index in [9.17, 15) is 29.5 Å². The molecule has 0 saturated heterocycles. The standard InChI is InChI=1S/C29H38N6O6/c1-18(2)14-22(16-30)26(37)31-13-9-8-12-23(27(38)32-17-21-10-6-5-7-11-21)33-29(40)25(20(4)36)34-28(39)24-15-19(3)41-35-24/h5-7,10-11,14-15,18,20,23,25,36H,8-9,12-13,17H2,1-4H3,(H,31,37)(H,32,38)(H,33,40)(H,34,39). The number of carbonyl (C=O) groups excluding carboxylic acids is 4. The van der Waals surface area contributed by atoms with Crippen molar-refractivity contribution in [2.45, 2.75) is 71.7 Å². The first kappa shape index (κ1) is 32.7. The monoisotopic (exact) mass is 566 g/mol. The van der Waals surface area contributed by atoms with Gasteiger partial charge in [0.25, 0.3) is 11.8 Å². The van der Waals surface area contributed by atoms with E-state index in [0.29, 0.717) is 18.6 Å². The third kappa shape index (κ3) is 11.3. The third-order valence-corrected chi connectivity index (χ3v) is 5.92. The average molecular weight is 567 g/mol. The highest BCUT2D eigenvalue weighted by Gasteiger charge is 2.30. The second kappa shape index (κ2) is 16.6. The lowest BCUT2D eigenvalue weighted by Gasteiger charge is -2.24. The minimum Gasteiger partial charge on any atom is -0.391 e. The highest BCUT2D eigenvalue weighted by atomic mass is 16.5. The second-order valence-electron chi connectivity index (χ2n) is 9.97. The van der Waals surface area contributed by atoms with E-state index in [-0.39, 0.29) is 36.7 Å². The molecule has 1 aromatic carbocycles. The lowest BCUT2D eigenvalue weighted by atomic mass is 10.1. The van der Waals surface area contributed by atoms with E-state index >= 15 is 0 Å². The zero-order valence-corrected chi connectivity index (χ0v) is 23.8. The van der Waals surface area contributed by atoms with Crippen molar-refractivity contribution in [3.63, 3.8) is 0 Å². The molecule has 3 unspecified atom stereocenters. The van der Waals surface area contributed by atoms with Crippen molar-refractivity contribution < 1.29 is 28.8 Å². The molecule has 0 spiro atoms. The van der Waals surface area contributed by atoms with Crippen molar-refractivity contribution in [2.24, 2.45) is 5.92 Å². The summed E-state index contributed by atoms with van der Waals surface area (Å²) in [5.74, 6) is -1.93. The molecular weight excluding hydrogens is 528 g/mol. The molecule has 0 radical (unpaired) electrons. The van der Waals surface area contributed by atoms with Crippen molar-refractivity contribution in [3.8, 4) is 6.07 Å². The number of allylic oxidation sites excluding steroid dienone is 1. The van der Waals surface area contributed by atoms with Crippen molar-refractivity contribution >= 4 is 23.6 Å². The SMILES string of the molecule is Cc1cc(C(=O)NC(C(=O)NC(CCCCNC(=O)C(C#N)=CC(C)C)C(=O)NCc2ccccc2)C(C)O)no1. The number of rotatable bonds is 15. The van der Waals surface area contributed by atoms with Crippen LogP contribution in [0.5, 0.6) is 0 Å². The van der Waals surface area contributed by atoms with Gasteiger partial charge in [0.1, 0.15) is 29.5 Å². The lowest BCUT2D eigenvalue weighted by Crippen LogP contribution is -2.57. The number of unbranched alkanes of at least 4 members (excludes halogenated alkanes) is 1. The smallest absolute Gasteiger partial charge is 0.274 e. The number of benzene rings is 1. The first-order valence-corrected chi connectivity index (χ1v) is 13.5. The van der Waals surface area contributed by atoms with Gasteiger partial charge in [-0.05, 0) is 44.6 Å². The molecule has 0 aliphatic heterocycles. The molecule has 0 fully saturated rings. The highest BCUT2D eigenvalue weighted by Crippen LogP contribution is 2.07. The second-order valence-corrected chi connectivity index (χ2v) is 9.97. The van der Waals surface area contributed by atoms with E-state index in [1.165, 1.54) is 13.0 Å². The maximum Gasteiger partial charge on any atom is 0.274 e. The van der Waals surface area contributed by atoms with Gasteiger partial charge in [-0.1, -0.05) is 55.4 Å². The molecule has 1 aromatic heterocycles. The van der Waals surface area contributed by atoms with E-state index in [1.807, 2.05) is 50.2 Å². The lowest BCUT2D eigenvalue weighted by molar-refractivity contribution is -0.131. The van der Waals surface area contributed by atoms with Crippen molar-refractivity contribution in [1.29, 1.82) is 5.26 Å². The Kier molecular flexibility index (Phi) is 13.2. The molecule has 2 aromatic rings. The number of nitriles is 1. The number of aliphatic hydroxyl groups excluding tert-OH is 1. The van der Waals surface area contributed by atoms with Crippen molar-refractivity contribution in [2.75, 3.05) is 6.54 Å². The molecule has 5 N–H and O–H groups in total. The van der Waals surface area contributed by atoms with Crippen molar-refractivity contribution in [1.82, 2.24) is 26.4 Å². The topological polar surface area (TPSA) is 186 Å². The number of hydrogen-bond acceptors (Lipinski definition) is 8. The minimum absolute atomic E-state index is 0.0393. The Morgan fingerprint density at radius 3 is 2.34 bits per heavy atom. The third-order valence-electron chi connectivity index (χ3n) is 5.92. The Balaban J connectivity index is 2.03. The molecule has 0 aliphatic rings. The van der Waals surface area contributed by atoms with Crippen LogP contribution in [0.25, 0.3) is 0 Å². The molecule has 0 saturated carbocycles. The largest absolute Gasteiger partial charge is 0.391 e. The Hall–Kier alpha value is -4.50. The normalized spacial score (nSPS) is 13.4. The quantitative estimate of drug-likeness (QED) is 0.122. The summed E-state index contributed by atoms with van der Waals surface area (Å²) >= 11 is 0. The van der Waals surface area contributed by atoms with Gasteiger partial charge in [-0.3, -0.25) is 19.2 Å². The summed E-state index contributed by atoms with van der Waals surface area (Å²) in [6.07, 6.45) is 1.46. The number of aromatic nitrogens is 1. The molecule has 4 amide bonds. The van der Waals surface area contributed by atoms with Gasteiger partial charge in [0.15, 0.2) is 5.69 Å². The van der Waals surface area contributed by atoms with Gasteiger partial charge in [0, 0.05) is 19.2 Å². The van der Waals surface area contributed by atoms with Gasteiger partial charge < -0.3 is 30.9 Å².